The first-order valence-electron chi connectivity index (χ1n) is 12.1. The zero-order chi connectivity index (χ0) is 25.0. The lowest BCUT2D eigenvalue weighted by molar-refractivity contribution is -0.131. The molecule has 0 bridgehead atoms. The zero-order valence-electron chi connectivity index (χ0n) is 19.6. The topological polar surface area (TPSA) is 84.5 Å². The standard InChI is InChI=1S/C27H25F2N5O2/c28-17-3-6-19(7-4-17)33-12-2-10-27(26(33)36)9-1-11-32(16-27)34-23-8-5-18(29)13-20(23)21-14-31-15-22(24(21)34)25(30)35/h3-8,13-15H,1-2,9-12,16H2,(H2,30,35)/t27-/m0/s1. The summed E-state index contributed by atoms with van der Waals surface area (Å²) >= 11 is 0. The maximum absolute atomic E-state index is 14.2. The van der Waals surface area contributed by atoms with Crippen LogP contribution in [0.25, 0.3) is 21.8 Å². The van der Waals surface area contributed by atoms with E-state index in [0.717, 1.165) is 31.2 Å². The second kappa shape index (κ2) is 8.29. The van der Waals surface area contributed by atoms with Crippen LogP contribution in [0.2, 0.25) is 0 Å². The molecule has 1 atom stereocenters. The van der Waals surface area contributed by atoms with Crippen LogP contribution in [0.1, 0.15) is 36.0 Å². The van der Waals surface area contributed by atoms with Gasteiger partial charge in [-0.25, -0.2) is 8.78 Å². The number of carbonyl (C=O) groups is 2. The van der Waals surface area contributed by atoms with Crippen molar-refractivity contribution in [2.24, 2.45) is 11.1 Å². The van der Waals surface area contributed by atoms with E-state index in [1.54, 1.807) is 29.3 Å². The number of nitrogens with two attached hydrogens (primary N) is 1. The van der Waals surface area contributed by atoms with Crippen LogP contribution < -0.4 is 15.6 Å². The highest BCUT2D eigenvalue weighted by atomic mass is 19.1. The summed E-state index contributed by atoms with van der Waals surface area (Å²) in [6.45, 7) is 1.67. The van der Waals surface area contributed by atoms with Crippen molar-refractivity contribution in [3.05, 3.63) is 72.1 Å². The maximum atomic E-state index is 14.2. The lowest BCUT2D eigenvalue weighted by Gasteiger charge is -2.48. The Morgan fingerprint density at radius 2 is 1.67 bits per heavy atom. The molecule has 2 aromatic carbocycles. The number of halogens is 2. The normalized spacial score (nSPS) is 20.6. The van der Waals surface area contributed by atoms with Crippen molar-refractivity contribution < 1.29 is 18.4 Å². The summed E-state index contributed by atoms with van der Waals surface area (Å²) in [5, 5.41) is 3.33. The van der Waals surface area contributed by atoms with Crippen LogP contribution in [0.15, 0.2) is 54.9 Å². The van der Waals surface area contributed by atoms with Crippen LogP contribution in [-0.4, -0.2) is 41.1 Å². The number of aromatic nitrogens is 2. The molecule has 0 radical (unpaired) electrons. The Labute approximate surface area is 206 Å². The van der Waals surface area contributed by atoms with Gasteiger partial charge < -0.3 is 15.6 Å². The lowest BCUT2D eigenvalue weighted by Crippen LogP contribution is -2.58. The Morgan fingerprint density at radius 3 is 2.42 bits per heavy atom. The minimum Gasteiger partial charge on any atom is -0.365 e. The molecule has 7 nitrogen and oxygen atoms in total. The number of nitrogens with zero attached hydrogens (tertiary/aromatic N) is 4. The molecule has 0 unspecified atom stereocenters. The number of rotatable bonds is 3. The minimum absolute atomic E-state index is 0.0219. The second-order valence-corrected chi connectivity index (χ2v) is 9.73. The molecule has 0 aliphatic carbocycles. The van der Waals surface area contributed by atoms with Gasteiger partial charge in [0.05, 0.1) is 22.0 Å². The number of hydrogen-bond acceptors (Lipinski definition) is 4. The first-order chi connectivity index (χ1) is 17.4. The quantitative estimate of drug-likeness (QED) is 0.469. The number of piperidine rings is 2. The molecule has 1 spiro atoms. The second-order valence-electron chi connectivity index (χ2n) is 9.73. The number of amides is 2. The molecule has 2 aromatic heterocycles. The number of benzene rings is 2. The van der Waals surface area contributed by atoms with Crippen LogP contribution in [0.3, 0.4) is 0 Å². The fourth-order valence-electron chi connectivity index (χ4n) is 5.98. The number of pyridine rings is 1. The number of primary amides is 1. The maximum Gasteiger partial charge on any atom is 0.252 e. The summed E-state index contributed by atoms with van der Waals surface area (Å²) in [5.41, 5.74) is 7.29. The molecular weight excluding hydrogens is 464 g/mol. The first-order valence-corrected chi connectivity index (χ1v) is 12.1. The van der Waals surface area contributed by atoms with E-state index in [0.29, 0.717) is 41.6 Å². The van der Waals surface area contributed by atoms with Crippen LogP contribution in [-0.2, 0) is 4.79 Å². The van der Waals surface area contributed by atoms with Gasteiger partial charge in [0.25, 0.3) is 5.91 Å². The highest BCUT2D eigenvalue weighted by Crippen LogP contribution is 2.42. The van der Waals surface area contributed by atoms with Crippen LogP contribution in [0.5, 0.6) is 0 Å². The predicted octanol–water partition coefficient (Wildman–Crippen LogP) is 4.11. The van der Waals surface area contributed by atoms with E-state index in [1.807, 2.05) is 4.68 Å². The fourth-order valence-corrected chi connectivity index (χ4v) is 5.98. The van der Waals surface area contributed by atoms with Gasteiger partial charge in [0.1, 0.15) is 11.6 Å². The average molecular weight is 490 g/mol. The summed E-state index contributed by atoms with van der Waals surface area (Å²) in [5.74, 6) is -1.34. The fraction of sp³-hybridized carbons (Fsp3) is 0.296. The van der Waals surface area contributed by atoms with E-state index < -0.39 is 17.1 Å². The largest absolute Gasteiger partial charge is 0.365 e. The van der Waals surface area contributed by atoms with Gasteiger partial charge in [-0.2, -0.15) is 0 Å². The van der Waals surface area contributed by atoms with Gasteiger partial charge >= 0.3 is 0 Å². The van der Waals surface area contributed by atoms with E-state index in [4.69, 9.17) is 5.73 Å². The Morgan fingerprint density at radius 1 is 0.944 bits per heavy atom. The third kappa shape index (κ3) is 3.41. The summed E-state index contributed by atoms with van der Waals surface area (Å²) in [4.78, 5) is 32.2. The molecule has 9 heteroatoms. The number of carbonyl (C=O) groups excluding carboxylic acids is 2. The lowest BCUT2D eigenvalue weighted by atomic mass is 9.73. The van der Waals surface area contributed by atoms with Gasteiger partial charge in [-0.15, -0.1) is 0 Å². The van der Waals surface area contributed by atoms with E-state index in [2.05, 4.69) is 9.99 Å². The number of fused-ring (bicyclic) bond motifs is 3. The van der Waals surface area contributed by atoms with Crippen molar-refractivity contribution in [3.8, 4) is 0 Å². The molecule has 184 valence electrons. The molecule has 2 saturated heterocycles. The highest BCUT2D eigenvalue weighted by Gasteiger charge is 2.47. The summed E-state index contributed by atoms with van der Waals surface area (Å²) in [6.07, 6.45) is 6.10. The van der Waals surface area contributed by atoms with Crippen LogP contribution in [0, 0.1) is 17.0 Å². The van der Waals surface area contributed by atoms with Crippen molar-refractivity contribution in [2.45, 2.75) is 25.7 Å². The number of hydrogen-bond donors (Lipinski definition) is 1. The minimum atomic E-state index is -0.631. The third-order valence-corrected chi connectivity index (χ3v) is 7.59. The molecule has 36 heavy (non-hydrogen) atoms. The van der Waals surface area contributed by atoms with Crippen molar-refractivity contribution in [1.29, 1.82) is 0 Å². The molecule has 0 saturated carbocycles. The molecule has 4 heterocycles. The van der Waals surface area contributed by atoms with Crippen molar-refractivity contribution in [1.82, 2.24) is 9.66 Å². The Balaban J connectivity index is 1.46. The van der Waals surface area contributed by atoms with Gasteiger partial charge in [-0.05, 0) is 68.1 Å². The molecule has 6 rings (SSSR count). The number of anilines is 1. The predicted molar refractivity (Wildman–Crippen MR) is 133 cm³/mol. The Hall–Kier alpha value is -4.01. The van der Waals surface area contributed by atoms with Gasteiger partial charge in [-0.3, -0.25) is 19.2 Å². The van der Waals surface area contributed by atoms with Gasteiger partial charge in [0.15, 0.2) is 0 Å². The third-order valence-electron chi connectivity index (χ3n) is 7.59. The average Bonchev–Trinajstić information content (AvgIpc) is 3.20. The van der Waals surface area contributed by atoms with Crippen LogP contribution in [0.4, 0.5) is 14.5 Å². The Kier molecular flexibility index (Phi) is 5.17. The van der Waals surface area contributed by atoms with Crippen LogP contribution >= 0.6 is 0 Å². The molecule has 2 N–H and O–H groups in total. The molecule has 4 aromatic rings. The van der Waals surface area contributed by atoms with Gasteiger partial charge in [0, 0.05) is 48.5 Å². The van der Waals surface area contributed by atoms with E-state index in [9.17, 15) is 18.4 Å². The summed E-state index contributed by atoms with van der Waals surface area (Å²) in [6, 6.07) is 10.5. The van der Waals surface area contributed by atoms with Crippen molar-refractivity contribution >= 4 is 39.3 Å². The van der Waals surface area contributed by atoms with Crippen molar-refractivity contribution in [2.75, 3.05) is 29.5 Å². The zero-order valence-corrected chi connectivity index (χ0v) is 19.6. The van der Waals surface area contributed by atoms with E-state index >= 15 is 0 Å². The molecule has 2 aliphatic rings. The first kappa shape index (κ1) is 22.5. The smallest absolute Gasteiger partial charge is 0.252 e. The van der Waals surface area contributed by atoms with Gasteiger partial charge in [-0.1, -0.05) is 0 Å². The van der Waals surface area contributed by atoms with E-state index in [1.165, 1.54) is 30.5 Å². The molecule has 2 aliphatic heterocycles. The Bertz CT molecular complexity index is 1510. The molecule has 2 amide bonds. The molecule has 2 fully saturated rings. The SMILES string of the molecule is NC(=O)c1cncc2c3cc(F)ccc3n(N3CCC[C@]4(CCCN(c5ccc(F)cc5)C4=O)C3)c12. The summed E-state index contributed by atoms with van der Waals surface area (Å²) in [7, 11) is 0. The van der Waals surface area contributed by atoms with Gasteiger partial charge in [0.2, 0.25) is 5.91 Å². The highest BCUT2D eigenvalue weighted by molar-refractivity contribution is 6.15. The van der Waals surface area contributed by atoms with Crippen molar-refractivity contribution in [3.63, 3.8) is 0 Å². The van der Waals surface area contributed by atoms with E-state index in [-0.39, 0.29) is 17.3 Å². The molecular formula is C27H25F2N5O2. The summed E-state index contributed by atoms with van der Waals surface area (Å²) < 4.78 is 29.6. The monoisotopic (exact) mass is 489 g/mol.